The molecule has 0 spiro atoms. The molecule has 6 aromatic rings. The number of aryl methyl sites for hydroxylation is 1. The van der Waals surface area contributed by atoms with E-state index in [9.17, 15) is 29.4 Å². The number of thiophene rings is 1. The van der Waals surface area contributed by atoms with Crippen molar-refractivity contribution in [1.82, 2.24) is 23.1 Å². The monoisotopic (exact) mass is 843 g/mol. The minimum Gasteiger partial charge on any atom is -0.480 e. The Balaban J connectivity index is 1.16. The first-order chi connectivity index (χ1) is 26.5. The minimum absolute atomic E-state index is 0.0792. The number of nitrogens with zero attached hydrogens (tertiary/aromatic N) is 5. The molecule has 3 aromatic heterocycles. The lowest BCUT2D eigenvalue weighted by molar-refractivity contribution is -0.141. The number of para-hydroxylation sites is 1. The molecule has 2 amide bonds. The topological polar surface area (TPSA) is 146 Å². The second-order valence-electron chi connectivity index (χ2n) is 12.9. The summed E-state index contributed by atoms with van der Waals surface area (Å²) in [7, 11) is 0. The molecule has 2 saturated heterocycles. The maximum atomic E-state index is 13.6. The summed E-state index contributed by atoms with van der Waals surface area (Å²) in [4.78, 5) is 53.9. The van der Waals surface area contributed by atoms with Crippen LogP contribution in [-0.4, -0.2) is 89.3 Å². The Kier molecular flexibility index (Phi) is 10.3. The lowest BCUT2D eigenvalue weighted by Gasteiger charge is -2.18. The Hall–Kier alpha value is -4.52. The highest BCUT2D eigenvalue weighted by atomic mass is 32.2. The SMILES string of the molecule is CCCCn1c2ccccc2c2cc(-c3ccc(-c4ccc(C=C(C5SC(=S)N(CC(=O)O)C5=O)C5SC(=S)N(CC(=O)O)C5=O)s4)c4nsnc34)ccc21. The molecule has 0 aliphatic carbocycles. The van der Waals surface area contributed by atoms with Crippen LogP contribution in [0.2, 0.25) is 0 Å². The zero-order valence-electron chi connectivity index (χ0n) is 28.8. The van der Waals surface area contributed by atoms with Gasteiger partial charge in [0.1, 0.15) is 43.3 Å². The standard InChI is InChI=1S/C38H29N5O6S6/c1-2-3-14-41-26-7-5-4-6-22(26)24-15-19(8-12-27(24)41)21-10-11-23(32-31(21)39-55-40-32)28-13-9-20(52-28)16-25(33-35(48)42(17-29(44)45)37(50)53-33)34-36(49)43(18-30(46)47)38(51)54-34/h4-13,15-16,33-34H,2-3,14,17-18H2,1H3,(H,44,45)(H,46,47). The summed E-state index contributed by atoms with van der Waals surface area (Å²) >= 11 is 15.3. The minimum atomic E-state index is -1.23. The van der Waals surface area contributed by atoms with E-state index < -0.39 is 47.3 Å². The lowest BCUT2D eigenvalue weighted by Crippen LogP contribution is -2.39. The van der Waals surface area contributed by atoms with Crippen LogP contribution < -0.4 is 0 Å². The molecule has 2 fully saturated rings. The van der Waals surface area contributed by atoms with E-state index in [0.29, 0.717) is 10.5 Å². The number of rotatable bonds is 12. The molecule has 2 aliphatic heterocycles. The normalized spacial score (nSPS) is 17.4. The van der Waals surface area contributed by atoms with Gasteiger partial charge in [0.25, 0.3) is 0 Å². The van der Waals surface area contributed by atoms with Crippen LogP contribution >= 0.6 is 71.0 Å². The Morgan fingerprint density at radius 2 is 1.42 bits per heavy atom. The van der Waals surface area contributed by atoms with Crippen molar-refractivity contribution in [3.8, 4) is 21.6 Å². The summed E-state index contributed by atoms with van der Waals surface area (Å²) in [5.41, 5.74) is 7.18. The average Bonchev–Trinajstić information content (AvgIpc) is 4.00. The van der Waals surface area contributed by atoms with Gasteiger partial charge in [-0.1, -0.05) is 97.7 Å². The molecule has 8 rings (SSSR count). The molecular weight excluding hydrogens is 815 g/mol. The summed E-state index contributed by atoms with van der Waals surface area (Å²) in [5, 5.41) is 19.2. The number of thiocarbonyl (C=S) groups is 2. The van der Waals surface area contributed by atoms with Crippen LogP contribution in [0.5, 0.6) is 0 Å². The summed E-state index contributed by atoms with van der Waals surface area (Å²) in [6.07, 6.45) is 3.94. The maximum Gasteiger partial charge on any atom is 0.323 e. The highest BCUT2D eigenvalue weighted by Crippen LogP contribution is 2.44. The van der Waals surface area contributed by atoms with Gasteiger partial charge in [0.05, 0.1) is 11.7 Å². The third-order valence-electron chi connectivity index (χ3n) is 9.49. The number of unbranched alkanes of at least 4 members (excludes halogenated alkanes) is 1. The van der Waals surface area contributed by atoms with Crippen LogP contribution in [0.4, 0.5) is 0 Å². The van der Waals surface area contributed by atoms with Crippen LogP contribution in [0, 0.1) is 0 Å². The number of carbonyl (C=O) groups excluding carboxylic acids is 2. The molecule has 2 aliphatic rings. The second kappa shape index (κ2) is 15.2. The Bertz CT molecular complexity index is 2590. The van der Waals surface area contributed by atoms with E-state index in [2.05, 4.69) is 60.0 Å². The van der Waals surface area contributed by atoms with E-state index in [-0.39, 0.29) is 8.64 Å². The number of carboxylic acids is 2. The highest BCUT2D eigenvalue weighted by molar-refractivity contribution is 8.25. The fourth-order valence-corrected chi connectivity index (χ4v) is 11.6. The van der Waals surface area contributed by atoms with Gasteiger partial charge in [-0.2, -0.15) is 8.75 Å². The number of hydrogen-bond donors (Lipinski definition) is 2. The quantitative estimate of drug-likeness (QED) is 0.115. The van der Waals surface area contributed by atoms with Gasteiger partial charge in [0.15, 0.2) is 0 Å². The van der Waals surface area contributed by atoms with Crippen LogP contribution in [-0.2, 0) is 25.7 Å². The van der Waals surface area contributed by atoms with Crippen molar-refractivity contribution < 1.29 is 29.4 Å². The largest absolute Gasteiger partial charge is 0.480 e. The van der Waals surface area contributed by atoms with Gasteiger partial charge >= 0.3 is 11.9 Å². The number of amides is 2. The van der Waals surface area contributed by atoms with E-state index in [1.54, 1.807) is 6.08 Å². The van der Waals surface area contributed by atoms with E-state index >= 15 is 0 Å². The zero-order chi connectivity index (χ0) is 38.5. The Morgan fingerprint density at radius 3 is 2.07 bits per heavy atom. The van der Waals surface area contributed by atoms with E-state index in [1.807, 2.05) is 18.2 Å². The molecule has 0 radical (unpaired) electrons. The number of aliphatic carboxylic acids is 2. The molecule has 55 heavy (non-hydrogen) atoms. The number of carbonyl (C=O) groups is 4. The molecule has 0 bridgehead atoms. The molecule has 5 heterocycles. The van der Waals surface area contributed by atoms with Crippen molar-refractivity contribution in [2.24, 2.45) is 0 Å². The average molecular weight is 844 g/mol. The molecule has 0 saturated carbocycles. The van der Waals surface area contributed by atoms with E-state index in [4.69, 9.17) is 33.2 Å². The number of thioether (sulfide) groups is 2. The molecule has 2 atom stereocenters. The predicted molar refractivity (Wildman–Crippen MR) is 229 cm³/mol. The molecule has 17 heteroatoms. The third-order valence-corrected chi connectivity index (χ3v) is 14.4. The van der Waals surface area contributed by atoms with Crippen LogP contribution in [0.15, 0.2) is 72.3 Å². The van der Waals surface area contributed by atoms with Crippen LogP contribution in [0.25, 0.3) is 60.5 Å². The van der Waals surface area contributed by atoms with Crippen LogP contribution in [0.1, 0.15) is 24.6 Å². The van der Waals surface area contributed by atoms with Gasteiger partial charge in [-0.15, -0.1) is 11.3 Å². The highest BCUT2D eigenvalue weighted by Gasteiger charge is 2.48. The number of aromatic nitrogens is 3. The molecule has 3 aromatic carbocycles. The molecule has 2 N–H and O–H groups in total. The van der Waals surface area contributed by atoms with Gasteiger partial charge in [0.2, 0.25) is 11.8 Å². The first kappa shape index (κ1) is 37.4. The summed E-state index contributed by atoms with van der Waals surface area (Å²) < 4.78 is 12.0. The van der Waals surface area contributed by atoms with Gasteiger partial charge in [-0.25, -0.2) is 0 Å². The first-order valence-electron chi connectivity index (χ1n) is 17.1. The maximum absolute atomic E-state index is 13.6. The number of fused-ring (bicyclic) bond motifs is 4. The number of carboxylic acid groups (broad SMARTS) is 2. The second-order valence-corrected chi connectivity index (χ2v) is 18.0. The predicted octanol–water partition coefficient (Wildman–Crippen LogP) is 8.01. The third kappa shape index (κ3) is 6.86. The van der Waals surface area contributed by atoms with E-state index in [0.717, 1.165) is 97.0 Å². The van der Waals surface area contributed by atoms with Gasteiger partial charge in [0, 0.05) is 49.2 Å². The zero-order valence-corrected chi connectivity index (χ0v) is 33.7. The summed E-state index contributed by atoms with van der Waals surface area (Å²) in [5.74, 6) is -3.58. The van der Waals surface area contributed by atoms with Gasteiger partial charge in [-0.3, -0.25) is 29.0 Å². The summed E-state index contributed by atoms with van der Waals surface area (Å²) in [6, 6.07) is 23.0. The summed E-state index contributed by atoms with van der Waals surface area (Å²) in [6.45, 7) is 1.92. The van der Waals surface area contributed by atoms with E-state index in [1.165, 1.54) is 33.1 Å². The Morgan fingerprint density at radius 1 is 0.800 bits per heavy atom. The van der Waals surface area contributed by atoms with Crippen molar-refractivity contribution >= 4 is 142 Å². The fraction of sp³-hybridized carbons (Fsp3) is 0.211. The van der Waals surface area contributed by atoms with Crippen molar-refractivity contribution in [2.75, 3.05) is 13.1 Å². The molecule has 2 unspecified atom stereocenters. The van der Waals surface area contributed by atoms with Crippen molar-refractivity contribution in [1.29, 1.82) is 0 Å². The number of benzene rings is 3. The van der Waals surface area contributed by atoms with Crippen molar-refractivity contribution in [3.05, 3.63) is 77.2 Å². The van der Waals surface area contributed by atoms with Crippen molar-refractivity contribution in [2.45, 2.75) is 36.8 Å². The first-order valence-corrected chi connectivity index (χ1v) is 21.2. The number of hydrogen-bond acceptors (Lipinski definition) is 12. The van der Waals surface area contributed by atoms with Crippen molar-refractivity contribution in [3.63, 3.8) is 0 Å². The smallest absolute Gasteiger partial charge is 0.323 e. The molecular formula is C38H29N5O6S6. The lowest BCUT2D eigenvalue weighted by atomic mass is 9.99. The molecule has 11 nitrogen and oxygen atoms in total. The van der Waals surface area contributed by atoms with Gasteiger partial charge < -0.3 is 14.8 Å². The molecule has 278 valence electrons. The fourth-order valence-electron chi connectivity index (χ4n) is 6.97. The van der Waals surface area contributed by atoms with Gasteiger partial charge in [-0.05, 0) is 54.0 Å². The Labute approximate surface area is 341 Å². The van der Waals surface area contributed by atoms with Crippen LogP contribution in [0.3, 0.4) is 0 Å².